The van der Waals surface area contributed by atoms with E-state index in [9.17, 15) is 8.42 Å². The molecular weight excluding hydrogens is 268 g/mol. The number of nitrogens with zero attached hydrogens (tertiary/aromatic N) is 2. The standard InChI is InChI=1S/C11H12N2.CH4O4S/c1-2-4-11(5-3-1)6-8-13-9-7-12-10-13;1-5-6(2,3)4/h1-5,7,9-10H,6,8H2;1H3,(H,2,3,4). The van der Waals surface area contributed by atoms with Crippen LogP contribution < -0.4 is 0 Å². The van der Waals surface area contributed by atoms with Crippen molar-refractivity contribution in [1.82, 2.24) is 9.55 Å². The summed E-state index contributed by atoms with van der Waals surface area (Å²) >= 11 is 0. The lowest BCUT2D eigenvalue weighted by Crippen LogP contribution is -1.97. The van der Waals surface area contributed by atoms with E-state index < -0.39 is 10.4 Å². The predicted octanol–water partition coefficient (Wildman–Crippen LogP) is 1.56. The van der Waals surface area contributed by atoms with E-state index in [1.165, 1.54) is 5.56 Å². The molecule has 1 aromatic carbocycles. The van der Waals surface area contributed by atoms with Gasteiger partial charge in [0.05, 0.1) is 13.4 Å². The predicted molar refractivity (Wildman–Crippen MR) is 70.9 cm³/mol. The first-order valence-corrected chi connectivity index (χ1v) is 6.90. The van der Waals surface area contributed by atoms with E-state index >= 15 is 0 Å². The molecule has 6 nitrogen and oxygen atoms in total. The van der Waals surface area contributed by atoms with Crippen molar-refractivity contribution in [1.29, 1.82) is 0 Å². The molecule has 2 rings (SSSR count). The maximum atomic E-state index is 9.33. The Morgan fingerprint density at radius 3 is 2.42 bits per heavy atom. The zero-order valence-corrected chi connectivity index (χ0v) is 11.3. The summed E-state index contributed by atoms with van der Waals surface area (Å²) in [6.07, 6.45) is 6.72. The number of aromatic nitrogens is 2. The normalized spacial score (nSPS) is 10.6. The quantitative estimate of drug-likeness (QED) is 0.862. The Balaban J connectivity index is 0.000000258. The lowest BCUT2D eigenvalue weighted by molar-refractivity contribution is 0.324. The molecule has 0 radical (unpaired) electrons. The molecule has 0 spiro atoms. The van der Waals surface area contributed by atoms with E-state index in [2.05, 4.69) is 38.0 Å². The SMILES string of the molecule is COS(=O)(=O)O.c1ccc(CCn2ccnc2)cc1. The first-order chi connectivity index (χ1) is 9.01. The van der Waals surface area contributed by atoms with Gasteiger partial charge in [-0.15, -0.1) is 0 Å². The van der Waals surface area contributed by atoms with Crippen molar-refractivity contribution >= 4 is 10.4 Å². The van der Waals surface area contributed by atoms with Crippen LogP contribution in [0.15, 0.2) is 49.1 Å². The van der Waals surface area contributed by atoms with Gasteiger partial charge in [0.25, 0.3) is 0 Å². The molecule has 0 saturated heterocycles. The maximum absolute atomic E-state index is 9.33. The fourth-order valence-electron chi connectivity index (χ4n) is 1.32. The molecule has 1 heterocycles. The number of rotatable bonds is 4. The van der Waals surface area contributed by atoms with E-state index in [0.29, 0.717) is 0 Å². The van der Waals surface area contributed by atoms with E-state index in [4.69, 9.17) is 4.55 Å². The summed E-state index contributed by atoms with van der Waals surface area (Å²) in [5.74, 6) is 0. The first kappa shape index (κ1) is 15.4. The Morgan fingerprint density at radius 2 is 1.95 bits per heavy atom. The van der Waals surface area contributed by atoms with E-state index in [1.807, 2.05) is 24.8 Å². The second-order valence-electron chi connectivity index (χ2n) is 3.63. The molecule has 0 saturated carbocycles. The Bertz CT molecular complexity index is 553. The van der Waals surface area contributed by atoms with Crippen molar-refractivity contribution in [3.63, 3.8) is 0 Å². The van der Waals surface area contributed by atoms with Crippen molar-refractivity contribution in [3.8, 4) is 0 Å². The molecule has 0 atom stereocenters. The average Bonchev–Trinajstić information content (AvgIpc) is 2.91. The summed E-state index contributed by atoms with van der Waals surface area (Å²) < 4.78 is 31.8. The van der Waals surface area contributed by atoms with E-state index in [1.54, 1.807) is 0 Å². The van der Waals surface area contributed by atoms with Gasteiger partial charge >= 0.3 is 10.4 Å². The highest BCUT2D eigenvalue weighted by molar-refractivity contribution is 7.80. The van der Waals surface area contributed by atoms with Gasteiger partial charge in [-0.2, -0.15) is 8.42 Å². The van der Waals surface area contributed by atoms with Crippen LogP contribution in [0.3, 0.4) is 0 Å². The zero-order chi connectivity index (χ0) is 14.1. The molecule has 0 aliphatic carbocycles. The van der Waals surface area contributed by atoms with Crippen LogP contribution in [0.25, 0.3) is 0 Å². The second kappa shape index (κ2) is 7.67. The summed E-state index contributed by atoms with van der Waals surface area (Å²) in [5.41, 5.74) is 1.37. The molecular formula is C12H16N2O4S. The number of imidazole rings is 1. The van der Waals surface area contributed by atoms with Crippen molar-refractivity contribution in [3.05, 3.63) is 54.6 Å². The monoisotopic (exact) mass is 284 g/mol. The van der Waals surface area contributed by atoms with Gasteiger partial charge in [-0.25, -0.2) is 4.98 Å². The van der Waals surface area contributed by atoms with Crippen LogP contribution in [0.1, 0.15) is 5.56 Å². The fraction of sp³-hybridized carbons (Fsp3) is 0.250. The van der Waals surface area contributed by atoms with Gasteiger partial charge in [-0.3, -0.25) is 8.74 Å². The highest BCUT2D eigenvalue weighted by Gasteiger charge is 1.94. The van der Waals surface area contributed by atoms with Gasteiger partial charge in [-0.1, -0.05) is 30.3 Å². The lowest BCUT2D eigenvalue weighted by Gasteiger charge is -2.01. The minimum absolute atomic E-state index is 0.870. The molecule has 0 aliphatic heterocycles. The van der Waals surface area contributed by atoms with Gasteiger partial charge in [0.1, 0.15) is 0 Å². The summed E-state index contributed by atoms with van der Waals surface area (Å²) in [5, 5.41) is 0. The minimum Gasteiger partial charge on any atom is -0.337 e. The topological polar surface area (TPSA) is 81.4 Å². The van der Waals surface area contributed by atoms with E-state index in [-0.39, 0.29) is 0 Å². The number of hydrogen-bond donors (Lipinski definition) is 1. The molecule has 0 amide bonds. The summed E-state index contributed by atoms with van der Waals surface area (Å²) in [7, 11) is -3.29. The Kier molecular flexibility index (Phi) is 6.20. The van der Waals surface area contributed by atoms with Crippen LogP contribution >= 0.6 is 0 Å². The molecule has 2 aromatic rings. The molecule has 0 bridgehead atoms. The van der Waals surface area contributed by atoms with Crippen LogP contribution in [0.4, 0.5) is 0 Å². The van der Waals surface area contributed by atoms with Crippen molar-refractivity contribution in [2.24, 2.45) is 0 Å². The van der Waals surface area contributed by atoms with Gasteiger partial charge < -0.3 is 4.57 Å². The Morgan fingerprint density at radius 1 is 1.32 bits per heavy atom. The molecule has 0 aliphatic rings. The molecule has 1 aromatic heterocycles. The van der Waals surface area contributed by atoms with Crippen LogP contribution in [0.5, 0.6) is 0 Å². The Hall–Kier alpha value is -1.70. The summed E-state index contributed by atoms with van der Waals surface area (Å²) in [6, 6.07) is 10.5. The molecule has 0 fully saturated rings. The summed E-state index contributed by atoms with van der Waals surface area (Å²) in [6.45, 7) is 1.00. The third kappa shape index (κ3) is 7.35. The van der Waals surface area contributed by atoms with Gasteiger partial charge in [0.2, 0.25) is 0 Å². The third-order valence-corrected chi connectivity index (χ3v) is 2.69. The largest absolute Gasteiger partial charge is 0.397 e. The maximum Gasteiger partial charge on any atom is 0.397 e. The number of benzene rings is 1. The second-order valence-corrected chi connectivity index (χ2v) is 4.82. The number of hydrogen-bond acceptors (Lipinski definition) is 4. The van der Waals surface area contributed by atoms with Crippen molar-refractivity contribution < 1.29 is 17.2 Å². The van der Waals surface area contributed by atoms with Crippen LogP contribution in [-0.2, 0) is 27.5 Å². The van der Waals surface area contributed by atoms with Crippen molar-refractivity contribution in [2.75, 3.05) is 7.11 Å². The van der Waals surface area contributed by atoms with Crippen LogP contribution in [0.2, 0.25) is 0 Å². The number of aryl methyl sites for hydroxylation is 2. The van der Waals surface area contributed by atoms with Crippen LogP contribution in [0, 0.1) is 0 Å². The zero-order valence-electron chi connectivity index (χ0n) is 10.5. The molecule has 7 heteroatoms. The lowest BCUT2D eigenvalue weighted by atomic mass is 10.1. The fourth-order valence-corrected chi connectivity index (χ4v) is 1.32. The molecule has 1 N–H and O–H groups in total. The average molecular weight is 284 g/mol. The minimum atomic E-state index is -4.16. The van der Waals surface area contributed by atoms with Gasteiger partial charge in [0, 0.05) is 18.9 Å². The molecule has 19 heavy (non-hydrogen) atoms. The molecule has 104 valence electrons. The highest BCUT2D eigenvalue weighted by Crippen LogP contribution is 2.01. The van der Waals surface area contributed by atoms with E-state index in [0.717, 1.165) is 20.1 Å². The van der Waals surface area contributed by atoms with Gasteiger partial charge in [0.15, 0.2) is 0 Å². The van der Waals surface area contributed by atoms with Crippen molar-refractivity contribution in [2.45, 2.75) is 13.0 Å². The molecule has 0 unspecified atom stereocenters. The smallest absolute Gasteiger partial charge is 0.337 e. The Labute approximate surface area is 112 Å². The third-order valence-electron chi connectivity index (χ3n) is 2.27. The first-order valence-electron chi connectivity index (χ1n) is 5.54. The van der Waals surface area contributed by atoms with Crippen LogP contribution in [-0.4, -0.2) is 29.6 Å². The highest BCUT2D eigenvalue weighted by atomic mass is 32.3. The van der Waals surface area contributed by atoms with Gasteiger partial charge in [-0.05, 0) is 12.0 Å². The summed E-state index contributed by atoms with van der Waals surface area (Å²) in [4.78, 5) is 4.00.